The Morgan fingerprint density at radius 2 is 2.41 bits per heavy atom. The van der Waals surface area contributed by atoms with E-state index >= 15 is 0 Å². The summed E-state index contributed by atoms with van der Waals surface area (Å²) >= 11 is 5.39. The zero-order chi connectivity index (χ0) is 12.1. The molecule has 1 unspecified atom stereocenters. The first kappa shape index (κ1) is 13.5. The minimum absolute atomic E-state index is 0.713. The van der Waals surface area contributed by atoms with Gasteiger partial charge in [0.05, 0.1) is 3.79 Å². The Morgan fingerprint density at radius 1 is 1.53 bits per heavy atom. The van der Waals surface area contributed by atoms with Crippen molar-refractivity contribution in [2.45, 2.75) is 38.8 Å². The highest BCUT2D eigenvalue weighted by Gasteiger charge is 2.17. The Labute approximate surface area is 117 Å². The minimum Gasteiger partial charge on any atom is -0.313 e. The normalized spacial score (nSPS) is 20.3. The molecule has 0 bridgehead atoms. The third-order valence-electron chi connectivity index (χ3n) is 3.19. The van der Waals surface area contributed by atoms with Crippen molar-refractivity contribution in [3.63, 3.8) is 0 Å². The molecule has 0 aliphatic carbocycles. The van der Waals surface area contributed by atoms with E-state index < -0.39 is 0 Å². The van der Waals surface area contributed by atoms with Crippen LogP contribution in [0.5, 0.6) is 0 Å². The maximum Gasteiger partial charge on any atom is 0.0701 e. The lowest BCUT2D eigenvalue weighted by molar-refractivity contribution is 0.243. The number of thiophene rings is 1. The van der Waals surface area contributed by atoms with E-state index in [-0.39, 0.29) is 0 Å². The van der Waals surface area contributed by atoms with Crippen molar-refractivity contribution in [3.8, 4) is 0 Å². The monoisotopic (exact) mass is 316 g/mol. The molecule has 0 radical (unpaired) electrons. The van der Waals surface area contributed by atoms with E-state index in [0.717, 1.165) is 6.54 Å². The van der Waals surface area contributed by atoms with E-state index in [4.69, 9.17) is 0 Å². The van der Waals surface area contributed by atoms with Gasteiger partial charge in [0.15, 0.2) is 0 Å². The van der Waals surface area contributed by atoms with Crippen LogP contribution in [0, 0.1) is 0 Å². The predicted octanol–water partition coefficient (Wildman–Crippen LogP) is 3.47. The van der Waals surface area contributed by atoms with Gasteiger partial charge < -0.3 is 5.32 Å². The van der Waals surface area contributed by atoms with Gasteiger partial charge in [-0.2, -0.15) is 0 Å². The van der Waals surface area contributed by atoms with Crippen LogP contribution in [0.2, 0.25) is 0 Å². The Balaban J connectivity index is 1.87. The second-order valence-corrected chi connectivity index (χ2v) is 7.28. The number of halogens is 1. The van der Waals surface area contributed by atoms with Gasteiger partial charge in [0.1, 0.15) is 0 Å². The highest BCUT2D eigenvalue weighted by molar-refractivity contribution is 9.11. The van der Waals surface area contributed by atoms with Gasteiger partial charge >= 0.3 is 0 Å². The molecule has 2 rings (SSSR count). The molecule has 1 aromatic rings. The molecule has 1 aliphatic rings. The van der Waals surface area contributed by atoms with Crippen LogP contribution in [-0.4, -0.2) is 30.6 Å². The third kappa shape index (κ3) is 4.36. The molecule has 2 heterocycles. The van der Waals surface area contributed by atoms with Crippen molar-refractivity contribution in [2.75, 3.05) is 19.6 Å². The van der Waals surface area contributed by atoms with Crippen LogP contribution in [0.3, 0.4) is 0 Å². The Hall–Kier alpha value is 0.1000. The fourth-order valence-corrected chi connectivity index (χ4v) is 3.96. The Morgan fingerprint density at radius 3 is 3.00 bits per heavy atom. The first-order valence-corrected chi connectivity index (χ1v) is 8.09. The highest BCUT2D eigenvalue weighted by atomic mass is 79.9. The van der Waals surface area contributed by atoms with E-state index in [1.807, 2.05) is 11.3 Å². The van der Waals surface area contributed by atoms with Crippen molar-refractivity contribution >= 4 is 27.3 Å². The van der Waals surface area contributed by atoms with Crippen LogP contribution < -0.4 is 5.32 Å². The van der Waals surface area contributed by atoms with Gasteiger partial charge in [0, 0.05) is 24.0 Å². The molecule has 1 atom stereocenters. The smallest absolute Gasteiger partial charge is 0.0701 e. The summed E-state index contributed by atoms with van der Waals surface area (Å²) in [6, 6.07) is 5.10. The van der Waals surface area contributed by atoms with Gasteiger partial charge in [-0.25, -0.2) is 0 Å². The number of hydrogen-bond donors (Lipinski definition) is 1. The summed E-state index contributed by atoms with van der Waals surface area (Å²) in [6.07, 6.45) is 3.92. The third-order valence-corrected chi connectivity index (χ3v) is 4.80. The molecule has 96 valence electrons. The molecule has 4 heteroatoms. The lowest BCUT2D eigenvalue weighted by Gasteiger charge is -2.24. The lowest BCUT2D eigenvalue weighted by atomic mass is 10.2. The molecule has 1 saturated heterocycles. The molecule has 0 saturated carbocycles. The first-order chi connectivity index (χ1) is 8.28. The van der Waals surface area contributed by atoms with Crippen LogP contribution >= 0.6 is 27.3 Å². The van der Waals surface area contributed by atoms with Crippen LogP contribution in [-0.2, 0) is 6.54 Å². The van der Waals surface area contributed by atoms with E-state index in [0.29, 0.717) is 6.04 Å². The Kier molecular flexibility index (Phi) is 5.48. The van der Waals surface area contributed by atoms with Gasteiger partial charge in [0.2, 0.25) is 0 Å². The summed E-state index contributed by atoms with van der Waals surface area (Å²) in [6.45, 7) is 6.97. The fraction of sp³-hybridized carbons (Fsp3) is 0.692. The second-order valence-electron chi connectivity index (χ2n) is 4.73. The molecule has 0 amide bonds. The molecule has 1 N–H and O–H groups in total. The first-order valence-electron chi connectivity index (χ1n) is 6.48. The summed E-state index contributed by atoms with van der Waals surface area (Å²) in [5.74, 6) is 0. The molecular weight excluding hydrogens is 296 g/mol. The molecule has 0 spiro atoms. The van der Waals surface area contributed by atoms with Crippen molar-refractivity contribution in [3.05, 3.63) is 20.8 Å². The van der Waals surface area contributed by atoms with E-state index in [9.17, 15) is 0 Å². The fourth-order valence-electron chi connectivity index (χ4n) is 2.43. The maximum atomic E-state index is 3.59. The SMILES string of the molecule is CCCN(Cc1ccc(Br)s1)CC1CCCN1. The highest BCUT2D eigenvalue weighted by Crippen LogP contribution is 2.23. The van der Waals surface area contributed by atoms with Gasteiger partial charge in [0.25, 0.3) is 0 Å². The van der Waals surface area contributed by atoms with Crippen LogP contribution in [0.4, 0.5) is 0 Å². The molecule has 17 heavy (non-hydrogen) atoms. The topological polar surface area (TPSA) is 15.3 Å². The summed E-state index contributed by atoms with van der Waals surface area (Å²) in [5.41, 5.74) is 0. The zero-order valence-electron chi connectivity index (χ0n) is 10.4. The van der Waals surface area contributed by atoms with Crippen LogP contribution in [0.25, 0.3) is 0 Å². The molecule has 1 fully saturated rings. The summed E-state index contributed by atoms with van der Waals surface area (Å²) in [5, 5.41) is 3.59. The number of nitrogens with zero attached hydrogens (tertiary/aromatic N) is 1. The predicted molar refractivity (Wildman–Crippen MR) is 78.6 cm³/mol. The van der Waals surface area contributed by atoms with Gasteiger partial charge in [-0.15, -0.1) is 11.3 Å². The molecule has 2 nitrogen and oxygen atoms in total. The zero-order valence-corrected chi connectivity index (χ0v) is 12.8. The average molecular weight is 317 g/mol. The Bertz CT molecular complexity index is 334. The quantitative estimate of drug-likeness (QED) is 0.864. The van der Waals surface area contributed by atoms with E-state index in [1.54, 1.807) is 0 Å². The van der Waals surface area contributed by atoms with E-state index in [1.165, 1.54) is 47.6 Å². The van der Waals surface area contributed by atoms with Crippen molar-refractivity contribution in [1.29, 1.82) is 0 Å². The largest absolute Gasteiger partial charge is 0.313 e. The van der Waals surface area contributed by atoms with Crippen molar-refractivity contribution in [2.24, 2.45) is 0 Å². The van der Waals surface area contributed by atoms with Crippen molar-refractivity contribution in [1.82, 2.24) is 10.2 Å². The molecule has 1 aromatic heterocycles. The van der Waals surface area contributed by atoms with Crippen LogP contribution in [0.1, 0.15) is 31.1 Å². The van der Waals surface area contributed by atoms with Crippen LogP contribution in [0.15, 0.2) is 15.9 Å². The van der Waals surface area contributed by atoms with E-state index in [2.05, 4.69) is 45.2 Å². The average Bonchev–Trinajstić information content (AvgIpc) is 2.91. The minimum atomic E-state index is 0.713. The number of nitrogens with one attached hydrogen (secondary N) is 1. The number of rotatable bonds is 6. The van der Waals surface area contributed by atoms with Crippen molar-refractivity contribution < 1.29 is 0 Å². The number of hydrogen-bond acceptors (Lipinski definition) is 3. The lowest BCUT2D eigenvalue weighted by Crippen LogP contribution is -2.37. The summed E-state index contributed by atoms with van der Waals surface area (Å²) in [7, 11) is 0. The molecule has 0 aromatic carbocycles. The summed E-state index contributed by atoms with van der Waals surface area (Å²) < 4.78 is 1.24. The van der Waals surface area contributed by atoms with Gasteiger partial charge in [-0.3, -0.25) is 4.90 Å². The second kappa shape index (κ2) is 6.88. The summed E-state index contributed by atoms with van der Waals surface area (Å²) in [4.78, 5) is 4.05. The molecular formula is C13H21BrN2S. The molecule has 1 aliphatic heterocycles. The maximum absolute atomic E-state index is 3.59. The van der Waals surface area contributed by atoms with Gasteiger partial charge in [-0.05, 0) is 60.4 Å². The standard InChI is InChI=1S/C13H21BrN2S/c1-2-8-16(9-11-4-3-7-15-11)10-12-5-6-13(14)17-12/h5-6,11,15H,2-4,7-10H2,1H3. The van der Waals surface area contributed by atoms with Gasteiger partial charge in [-0.1, -0.05) is 6.92 Å².